The van der Waals surface area contributed by atoms with Crippen molar-refractivity contribution in [3.05, 3.63) is 69.8 Å². The summed E-state index contributed by atoms with van der Waals surface area (Å²) >= 11 is 0. The van der Waals surface area contributed by atoms with Crippen LogP contribution in [0.5, 0.6) is 0 Å². The van der Waals surface area contributed by atoms with Crippen molar-refractivity contribution in [1.29, 1.82) is 0 Å². The third-order valence-electron chi connectivity index (χ3n) is 6.01. The summed E-state index contributed by atoms with van der Waals surface area (Å²) in [6.07, 6.45) is 1.61. The molecule has 1 heterocycles. The van der Waals surface area contributed by atoms with Gasteiger partial charge in [-0.3, -0.25) is 14.9 Å². The minimum atomic E-state index is -3.88. The first kappa shape index (κ1) is 20.5. The predicted octanol–water partition coefficient (Wildman–Crippen LogP) is 2.47. The molecule has 0 aromatic heterocycles. The van der Waals surface area contributed by atoms with Crippen molar-refractivity contribution in [3.8, 4) is 0 Å². The van der Waals surface area contributed by atoms with E-state index in [1.807, 2.05) is 30.3 Å². The van der Waals surface area contributed by atoms with E-state index in [4.69, 9.17) is 0 Å². The molecule has 158 valence electrons. The molecule has 8 nitrogen and oxygen atoms in total. The fourth-order valence-corrected chi connectivity index (χ4v) is 5.73. The van der Waals surface area contributed by atoms with Crippen molar-refractivity contribution < 1.29 is 18.1 Å². The normalized spacial score (nSPS) is 18.8. The van der Waals surface area contributed by atoms with Gasteiger partial charge in [-0.15, -0.1) is 0 Å². The predicted molar refractivity (Wildman–Crippen MR) is 111 cm³/mol. The Balaban J connectivity index is 1.49. The lowest BCUT2D eigenvalue weighted by Crippen LogP contribution is -2.52. The fourth-order valence-electron chi connectivity index (χ4n) is 4.06. The van der Waals surface area contributed by atoms with Crippen LogP contribution in [0.15, 0.2) is 53.4 Å². The lowest BCUT2D eigenvalue weighted by Gasteiger charge is -2.36. The SMILES string of the molecule is Cc1ccc([N+](=O)[O-])cc1S(=O)(=O)N1CCN(C(=O)C2(c3ccccc3)CC2)CC1. The summed E-state index contributed by atoms with van der Waals surface area (Å²) in [6, 6.07) is 13.6. The van der Waals surface area contributed by atoms with Gasteiger partial charge in [0.25, 0.3) is 5.69 Å². The molecule has 1 aliphatic heterocycles. The second-order valence-corrected chi connectivity index (χ2v) is 9.76. The molecular formula is C21H23N3O5S. The number of amides is 1. The van der Waals surface area contributed by atoms with Gasteiger partial charge < -0.3 is 4.90 Å². The molecule has 1 amide bonds. The minimum Gasteiger partial charge on any atom is -0.339 e. The monoisotopic (exact) mass is 429 g/mol. The van der Waals surface area contributed by atoms with Crippen LogP contribution < -0.4 is 0 Å². The molecule has 2 aliphatic rings. The Hall–Kier alpha value is -2.78. The molecule has 4 rings (SSSR count). The number of aryl methyl sites for hydroxylation is 1. The number of nitro groups is 1. The average Bonchev–Trinajstić information content (AvgIpc) is 3.56. The molecule has 9 heteroatoms. The summed E-state index contributed by atoms with van der Waals surface area (Å²) in [5.74, 6) is 0.0530. The van der Waals surface area contributed by atoms with Gasteiger partial charge in [0.1, 0.15) is 0 Å². The summed E-state index contributed by atoms with van der Waals surface area (Å²) in [6.45, 7) is 2.57. The molecule has 1 saturated heterocycles. The molecular weight excluding hydrogens is 406 g/mol. The van der Waals surface area contributed by atoms with Crippen LogP contribution in [-0.4, -0.2) is 54.6 Å². The van der Waals surface area contributed by atoms with Crippen LogP contribution >= 0.6 is 0 Å². The standard InChI is InChI=1S/C21H23N3O5S/c1-16-7-8-18(24(26)27)15-19(16)30(28,29)23-13-11-22(12-14-23)20(25)21(9-10-21)17-5-3-2-4-6-17/h2-8,15H,9-14H2,1H3. The molecule has 0 radical (unpaired) electrons. The van der Waals surface area contributed by atoms with Gasteiger partial charge in [0.2, 0.25) is 15.9 Å². The molecule has 2 aromatic rings. The number of rotatable bonds is 5. The Morgan fingerprint density at radius 1 is 1.03 bits per heavy atom. The number of non-ortho nitro benzene ring substituents is 1. The van der Waals surface area contributed by atoms with Crippen LogP contribution in [0.1, 0.15) is 24.0 Å². The molecule has 0 atom stereocenters. The van der Waals surface area contributed by atoms with Gasteiger partial charge in [-0.05, 0) is 30.9 Å². The van der Waals surface area contributed by atoms with Crippen LogP contribution in [0.2, 0.25) is 0 Å². The minimum absolute atomic E-state index is 0.0530. The number of benzene rings is 2. The van der Waals surface area contributed by atoms with E-state index in [0.29, 0.717) is 18.7 Å². The van der Waals surface area contributed by atoms with E-state index in [-0.39, 0.29) is 29.6 Å². The maximum absolute atomic E-state index is 13.2. The Bertz CT molecular complexity index is 1090. The van der Waals surface area contributed by atoms with Crippen molar-refractivity contribution in [2.75, 3.05) is 26.2 Å². The third kappa shape index (κ3) is 3.48. The maximum Gasteiger partial charge on any atom is 0.270 e. The van der Waals surface area contributed by atoms with Crippen molar-refractivity contribution >= 4 is 21.6 Å². The zero-order chi connectivity index (χ0) is 21.5. The number of carbonyl (C=O) groups is 1. The van der Waals surface area contributed by atoms with Crippen LogP contribution in [0, 0.1) is 17.0 Å². The Morgan fingerprint density at radius 2 is 1.67 bits per heavy atom. The fraction of sp³-hybridized carbons (Fsp3) is 0.381. The van der Waals surface area contributed by atoms with E-state index >= 15 is 0 Å². The lowest BCUT2D eigenvalue weighted by atomic mass is 9.94. The molecule has 0 N–H and O–H groups in total. The highest BCUT2D eigenvalue weighted by Gasteiger charge is 2.53. The van der Waals surface area contributed by atoms with E-state index in [2.05, 4.69) is 0 Å². The molecule has 30 heavy (non-hydrogen) atoms. The van der Waals surface area contributed by atoms with Crippen LogP contribution in [0.4, 0.5) is 5.69 Å². The average molecular weight is 429 g/mol. The van der Waals surface area contributed by atoms with Crippen molar-refractivity contribution in [3.63, 3.8) is 0 Å². The van der Waals surface area contributed by atoms with Crippen molar-refractivity contribution in [2.24, 2.45) is 0 Å². The summed E-state index contributed by atoms with van der Waals surface area (Å²) < 4.78 is 27.5. The summed E-state index contributed by atoms with van der Waals surface area (Å²) in [5, 5.41) is 11.1. The smallest absolute Gasteiger partial charge is 0.270 e. The second-order valence-electron chi connectivity index (χ2n) is 7.85. The highest BCUT2D eigenvalue weighted by molar-refractivity contribution is 7.89. The topological polar surface area (TPSA) is 101 Å². The highest BCUT2D eigenvalue weighted by atomic mass is 32.2. The molecule has 2 aromatic carbocycles. The van der Waals surface area contributed by atoms with E-state index in [1.54, 1.807) is 11.8 Å². The molecule has 1 saturated carbocycles. The van der Waals surface area contributed by atoms with E-state index in [0.717, 1.165) is 24.5 Å². The first-order chi connectivity index (χ1) is 14.3. The Morgan fingerprint density at radius 3 is 2.23 bits per heavy atom. The molecule has 0 spiro atoms. The Labute approximate surface area is 175 Å². The number of piperazine rings is 1. The zero-order valence-corrected chi connectivity index (χ0v) is 17.5. The zero-order valence-electron chi connectivity index (χ0n) is 16.7. The molecule has 2 fully saturated rings. The number of carbonyl (C=O) groups excluding carboxylic acids is 1. The van der Waals surface area contributed by atoms with Gasteiger partial charge in [-0.1, -0.05) is 36.4 Å². The number of sulfonamides is 1. The van der Waals surface area contributed by atoms with Crippen molar-refractivity contribution in [2.45, 2.75) is 30.1 Å². The first-order valence-corrected chi connectivity index (χ1v) is 11.3. The lowest BCUT2D eigenvalue weighted by molar-refractivity contribution is -0.385. The first-order valence-electron chi connectivity index (χ1n) is 9.86. The van der Waals surface area contributed by atoms with Crippen LogP contribution in [0.3, 0.4) is 0 Å². The van der Waals surface area contributed by atoms with Gasteiger partial charge in [0.15, 0.2) is 0 Å². The molecule has 0 bridgehead atoms. The number of nitrogens with zero attached hydrogens (tertiary/aromatic N) is 3. The number of nitro benzene ring substituents is 1. The summed E-state index contributed by atoms with van der Waals surface area (Å²) in [7, 11) is -3.88. The van der Waals surface area contributed by atoms with E-state index < -0.39 is 20.4 Å². The summed E-state index contributed by atoms with van der Waals surface area (Å²) in [5.41, 5.74) is 0.739. The van der Waals surface area contributed by atoms with Gasteiger partial charge in [-0.25, -0.2) is 8.42 Å². The maximum atomic E-state index is 13.2. The third-order valence-corrected chi connectivity index (χ3v) is 8.05. The summed E-state index contributed by atoms with van der Waals surface area (Å²) in [4.78, 5) is 25.3. The largest absolute Gasteiger partial charge is 0.339 e. The molecule has 0 unspecified atom stereocenters. The van der Waals surface area contributed by atoms with E-state index in [9.17, 15) is 23.3 Å². The van der Waals surface area contributed by atoms with Crippen LogP contribution in [-0.2, 0) is 20.2 Å². The number of hydrogen-bond donors (Lipinski definition) is 0. The van der Waals surface area contributed by atoms with Crippen molar-refractivity contribution in [1.82, 2.24) is 9.21 Å². The van der Waals surface area contributed by atoms with Gasteiger partial charge >= 0.3 is 0 Å². The van der Waals surface area contributed by atoms with E-state index in [1.165, 1.54) is 16.4 Å². The number of hydrogen-bond acceptors (Lipinski definition) is 5. The van der Waals surface area contributed by atoms with Gasteiger partial charge in [-0.2, -0.15) is 4.31 Å². The highest BCUT2D eigenvalue weighted by Crippen LogP contribution is 2.49. The van der Waals surface area contributed by atoms with Gasteiger partial charge in [0, 0.05) is 38.3 Å². The Kier molecular flexibility index (Phi) is 5.11. The van der Waals surface area contributed by atoms with Crippen LogP contribution in [0.25, 0.3) is 0 Å². The molecule has 1 aliphatic carbocycles. The second kappa shape index (κ2) is 7.48. The van der Waals surface area contributed by atoms with Gasteiger partial charge in [0.05, 0.1) is 15.2 Å². The quantitative estimate of drug-likeness (QED) is 0.537.